The Balaban J connectivity index is 1.85. The van der Waals surface area contributed by atoms with Crippen LogP contribution in [0.5, 0.6) is 0 Å². The highest BCUT2D eigenvalue weighted by Gasteiger charge is 2.25. The van der Waals surface area contributed by atoms with Gasteiger partial charge >= 0.3 is 0 Å². The maximum Gasteiger partial charge on any atom is 0.182 e. The Morgan fingerprint density at radius 2 is 2.05 bits per heavy atom. The average molecular weight is 289 g/mol. The van der Waals surface area contributed by atoms with Gasteiger partial charge in [-0.05, 0) is 60.2 Å². The van der Waals surface area contributed by atoms with Gasteiger partial charge in [0.25, 0.3) is 0 Å². The number of rotatable bonds is 3. The molecular formula is C15H20FN5. The molecule has 1 aliphatic rings. The molecule has 0 spiro atoms. The Hall–Kier alpha value is -1.98. The fraction of sp³-hybridized carbons (Fsp3) is 0.533. The van der Waals surface area contributed by atoms with Crippen LogP contribution in [-0.2, 0) is 0 Å². The molecule has 3 rings (SSSR count). The van der Waals surface area contributed by atoms with Gasteiger partial charge in [0.15, 0.2) is 5.82 Å². The zero-order valence-corrected chi connectivity index (χ0v) is 12.2. The minimum Gasteiger partial charge on any atom is -0.396 e. The number of halogens is 1. The minimum absolute atomic E-state index is 0.140. The van der Waals surface area contributed by atoms with Crippen LogP contribution in [0.25, 0.3) is 11.4 Å². The molecule has 112 valence electrons. The third-order valence-corrected chi connectivity index (χ3v) is 4.49. The van der Waals surface area contributed by atoms with E-state index in [1.165, 1.54) is 25.3 Å². The quantitative estimate of drug-likeness (QED) is 0.881. The fourth-order valence-electron chi connectivity index (χ4n) is 3.09. The molecule has 0 amide bonds. The summed E-state index contributed by atoms with van der Waals surface area (Å²) < 4.78 is 15.5. The smallest absolute Gasteiger partial charge is 0.182 e. The Bertz CT molecular complexity index is 616. The van der Waals surface area contributed by atoms with Gasteiger partial charge in [0.2, 0.25) is 0 Å². The number of nitrogen functional groups attached to an aromatic ring is 1. The van der Waals surface area contributed by atoms with E-state index in [0.717, 1.165) is 18.8 Å². The molecule has 5 nitrogen and oxygen atoms in total. The molecule has 1 fully saturated rings. The highest BCUT2D eigenvalue weighted by Crippen LogP contribution is 2.35. The number of anilines is 1. The van der Waals surface area contributed by atoms with Crippen molar-refractivity contribution in [3.63, 3.8) is 0 Å². The summed E-state index contributed by atoms with van der Waals surface area (Å²) in [7, 11) is 0. The van der Waals surface area contributed by atoms with Crippen LogP contribution in [-0.4, -0.2) is 20.2 Å². The number of nitrogens with zero attached hydrogens (tertiary/aromatic N) is 4. The van der Waals surface area contributed by atoms with Crippen LogP contribution < -0.4 is 5.73 Å². The van der Waals surface area contributed by atoms with Gasteiger partial charge in [0.05, 0.1) is 11.7 Å². The number of tetrazole rings is 1. The highest BCUT2D eigenvalue weighted by atomic mass is 19.1. The molecule has 0 radical (unpaired) electrons. The molecule has 0 atom stereocenters. The van der Waals surface area contributed by atoms with E-state index in [9.17, 15) is 4.39 Å². The summed E-state index contributed by atoms with van der Waals surface area (Å²) >= 11 is 0. The van der Waals surface area contributed by atoms with Crippen LogP contribution in [0.3, 0.4) is 0 Å². The molecular weight excluding hydrogens is 269 g/mol. The van der Waals surface area contributed by atoms with E-state index in [4.69, 9.17) is 5.73 Å². The largest absolute Gasteiger partial charge is 0.396 e. The first-order chi connectivity index (χ1) is 10.2. The minimum atomic E-state index is -0.434. The molecule has 1 aliphatic carbocycles. The van der Waals surface area contributed by atoms with E-state index in [1.54, 1.807) is 12.1 Å². The second kappa shape index (κ2) is 5.79. The third kappa shape index (κ3) is 2.75. The van der Waals surface area contributed by atoms with Gasteiger partial charge in [-0.1, -0.05) is 13.3 Å². The number of hydrogen-bond donors (Lipinski definition) is 1. The monoisotopic (exact) mass is 289 g/mol. The summed E-state index contributed by atoms with van der Waals surface area (Å²) in [6.07, 6.45) is 5.80. The van der Waals surface area contributed by atoms with E-state index >= 15 is 0 Å². The van der Waals surface area contributed by atoms with Gasteiger partial charge in [-0.3, -0.25) is 0 Å². The lowest BCUT2D eigenvalue weighted by atomic mass is 9.84. The second-order valence-corrected chi connectivity index (χ2v) is 5.77. The zero-order valence-electron chi connectivity index (χ0n) is 12.2. The topological polar surface area (TPSA) is 69.6 Å². The van der Waals surface area contributed by atoms with Gasteiger partial charge in [0, 0.05) is 5.56 Å². The predicted molar refractivity (Wildman–Crippen MR) is 78.9 cm³/mol. The molecule has 0 saturated heterocycles. The van der Waals surface area contributed by atoms with Crippen LogP contribution in [0, 0.1) is 11.7 Å². The Kier molecular flexibility index (Phi) is 3.86. The van der Waals surface area contributed by atoms with Crippen LogP contribution in [0.1, 0.15) is 45.1 Å². The summed E-state index contributed by atoms with van der Waals surface area (Å²) in [6.45, 7) is 2.24. The third-order valence-electron chi connectivity index (χ3n) is 4.49. The molecule has 0 unspecified atom stereocenters. The highest BCUT2D eigenvalue weighted by molar-refractivity contribution is 5.59. The summed E-state index contributed by atoms with van der Waals surface area (Å²) in [5, 5.41) is 12.0. The van der Waals surface area contributed by atoms with E-state index in [1.807, 2.05) is 4.68 Å². The first-order valence-electron chi connectivity index (χ1n) is 7.52. The van der Waals surface area contributed by atoms with Crippen molar-refractivity contribution in [1.29, 1.82) is 0 Å². The number of benzene rings is 1. The summed E-state index contributed by atoms with van der Waals surface area (Å²) in [5.41, 5.74) is 6.33. The average Bonchev–Trinajstić information content (AvgIpc) is 2.99. The molecule has 2 N–H and O–H groups in total. The van der Waals surface area contributed by atoms with Crippen molar-refractivity contribution in [3.05, 3.63) is 24.0 Å². The zero-order chi connectivity index (χ0) is 14.8. The van der Waals surface area contributed by atoms with Crippen molar-refractivity contribution < 1.29 is 4.39 Å². The molecule has 6 heteroatoms. The normalized spacial score (nSPS) is 22.4. The number of aromatic nitrogens is 4. The molecule has 0 bridgehead atoms. The van der Waals surface area contributed by atoms with Crippen molar-refractivity contribution in [2.45, 2.75) is 45.1 Å². The Labute approximate surface area is 123 Å². The lowest BCUT2D eigenvalue weighted by Gasteiger charge is -2.28. The first kappa shape index (κ1) is 14.0. The van der Waals surface area contributed by atoms with Crippen LogP contribution in [0.4, 0.5) is 10.1 Å². The molecule has 1 heterocycles. The summed E-state index contributed by atoms with van der Waals surface area (Å²) in [4.78, 5) is 0. The summed E-state index contributed by atoms with van der Waals surface area (Å²) in [5.74, 6) is 1.00. The maximum atomic E-state index is 13.6. The van der Waals surface area contributed by atoms with Gasteiger partial charge in [0.1, 0.15) is 5.82 Å². The fourth-order valence-corrected chi connectivity index (χ4v) is 3.09. The van der Waals surface area contributed by atoms with Crippen LogP contribution in [0.2, 0.25) is 0 Å². The molecule has 21 heavy (non-hydrogen) atoms. The summed E-state index contributed by atoms with van der Waals surface area (Å²) in [6, 6.07) is 5.02. The predicted octanol–water partition coefficient (Wildman–Crippen LogP) is 3.20. The first-order valence-corrected chi connectivity index (χ1v) is 7.52. The maximum absolute atomic E-state index is 13.6. The Morgan fingerprint density at radius 1 is 1.29 bits per heavy atom. The standard InChI is InChI=1S/C15H20FN5/c1-2-10-3-6-12(7-4-10)21-15(18-19-20-21)11-5-8-14(17)13(16)9-11/h5,8-10,12H,2-4,6-7,17H2,1H3. The van der Waals surface area contributed by atoms with Crippen molar-refractivity contribution >= 4 is 5.69 Å². The second-order valence-electron chi connectivity index (χ2n) is 5.77. The van der Waals surface area contributed by atoms with Crippen molar-refractivity contribution in [1.82, 2.24) is 20.2 Å². The number of hydrogen-bond acceptors (Lipinski definition) is 4. The van der Waals surface area contributed by atoms with Crippen molar-refractivity contribution in [2.75, 3.05) is 5.73 Å². The van der Waals surface area contributed by atoms with E-state index in [0.29, 0.717) is 17.4 Å². The molecule has 1 aromatic carbocycles. The Morgan fingerprint density at radius 3 is 2.71 bits per heavy atom. The van der Waals surface area contributed by atoms with Crippen LogP contribution >= 0.6 is 0 Å². The van der Waals surface area contributed by atoms with E-state index < -0.39 is 5.82 Å². The van der Waals surface area contributed by atoms with Gasteiger partial charge in [-0.25, -0.2) is 9.07 Å². The molecule has 0 aliphatic heterocycles. The SMILES string of the molecule is CCC1CCC(n2nnnc2-c2ccc(N)c(F)c2)CC1. The van der Waals surface area contributed by atoms with Crippen LogP contribution in [0.15, 0.2) is 18.2 Å². The van der Waals surface area contributed by atoms with Crippen molar-refractivity contribution in [2.24, 2.45) is 5.92 Å². The lowest BCUT2D eigenvalue weighted by molar-refractivity contribution is 0.255. The molecule has 1 aromatic heterocycles. The van der Waals surface area contributed by atoms with Gasteiger partial charge < -0.3 is 5.73 Å². The van der Waals surface area contributed by atoms with Crippen molar-refractivity contribution in [3.8, 4) is 11.4 Å². The lowest BCUT2D eigenvalue weighted by Crippen LogP contribution is -2.19. The molecule has 1 saturated carbocycles. The van der Waals surface area contributed by atoms with Gasteiger partial charge in [-0.15, -0.1) is 5.10 Å². The van der Waals surface area contributed by atoms with E-state index in [2.05, 4.69) is 22.4 Å². The van der Waals surface area contributed by atoms with E-state index in [-0.39, 0.29) is 5.69 Å². The number of nitrogens with two attached hydrogens (primary N) is 1. The molecule has 2 aromatic rings. The van der Waals surface area contributed by atoms with Gasteiger partial charge in [-0.2, -0.15) is 0 Å².